The van der Waals surface area contributed by atoms with Gasteiger partial charge in [0.1, 0.15) is 0 Å². The van der Waals surface area contributed by atoms with E-state index in [4.69, 9.17) is 0 Å². The Hall–Kier alpha value is -1.44. The first-order chi connectivity index (χ1) is 11.3. The molecule has 1 fully saturated rings. The van der Waals surface area contributed by atoms with E-state index in [2.05, 4.69) is 5.32 Å². The average molecular weight is 353 g/mol. The van der Waals surface area contributed by atoms with Gasteiger partial charge in [-0.1, -0.05) is 17.7 Å². The fourth-order valence-corrected chi connectivity index (χ4v) is 5.12. The fourth-order valence-electron chi connectivity index (χ4n) is 3.29. The van der Waals surface area contributed by atoms with Crippen LogP contribution in [0.1, 0.15) is 23.6 Å². The molecule has 0 unspecified atom stereocenters. The van der Waals surface area contributed by atoms with Crippen molar-refractivity contribution < 1.29 is 13.2 Å². The molecule has 7 heteroatoms. The van der Waals surface area contributed by atoms with Crippen molar-refractivity contribution >= 4 is 15.9 Å². The van der Waals surface area contributed by atoms with Crippen molar-refractivity contribution in [3.05, 3.63) is 28.8 Å². The molecule has 1 amide bonds. The summed E-state index contributed by atoms with van der Waals surface area (Å²) in [5, 5.41) is 2.77. The molecule has 0 aromatic heterocycles. The lowest BCUT2D eigenvalue weighted by molar-refractivity contribution is -0.122. The summed E-state index contributed by atoms with van der Waals surface area (Å²) < 4.78 is 27.5. The smallest absolute Gasteiger partial charge is 0.243 e. The first kappa shape index (κ1) is 18.9. The highest BCUT2D eigenvalue weighted by molar-refractivity contribution is 7.89. The summed E-state index contributed by atoms with van der Waals surface area (Å²) >= 11 is 0. The fraction of sp³-hybridized carbons (Fsp3) is 0.588. The lowest BCUT2D eigenvalue weighted by Crippen LogP contribution is -2.51. The van der Waals surface area contributed by atoms with Crippen LogP contribution in [0.4, 0.5) is 0 Å². The van der Waals surface area contributed by atoms with Gasteiger partial charge in [-0.3, -0.25) is 9.69 Å². The molecule has 1 heterocycles. The van der Waals surface area contributed by atoms with Crippen molar-refractivity contribution in [3.8, 4) is 0 Å². The number of nitrogens with zero attached hydrogens (tertiary/aromatic N) is 2. The topological polar surface area (TPSA) is 69.7 Å². The molecule has 0 atom stereocenters. The summed E-state index contributed by atoms with van der Waals surface area (Å²) in [5.74, 6) is -0.0148. The summed E-state index contributed by atoms with van der Waals surface area (Å²) in [4.78, 5) is 14.1. The first-order valence-electron chi connectivity index (χ1n) is 8.32. The van der Waals surface area contributed by atoms with Crippen molar-refractivity contribution in [2.24, 2.45) is 0 Å². The van der Waals surface area contributed by atoms with Gasteiger partial charge in [-0.2, -0.15) is 4.31 Å². The van der Waals surface area contributed by atoms with Crippen LogP contribution in [0.15, 0.2) is 17.0 Å². The van der Waals surface area contributed by atoms with Crippen LogP contribution in [0.25, 0.3) is 0 Å². The number of hydrogen-bond donors (Lipinski definition) is 1. The number of rotatable bonds is 5. The molecule has 24 heavy (non-hydrogen) atoms. The largest absolute Gasteiger partial charge is 0.355 e. The second-order valence-electron chi connectivity index (χ2n) is 6.36. The third-order valence-corrected chi connectivity index (χ3v) is 6.48. The zero-order valence-corrected chi connectivity index (χ0v) is 15.7. The normalized spacial score (nSPS) is 17.0. The number of carbonyl (C=O) groups excluding carboxylic acids is 1. The molecule has 1 aromatic rings. The van der Waals surface area contributed by atoms with E-state index < -0.39 is 10.0 Å². The van der Waals surface area contributed by atoms with Crippen LogP contribution in [0.5, 0.6) is 0 Å². The Bertz CT molecular complexity index is 685. The molecule has 0 aliphatic carbocycles. The number of likely N-dealkylation sites (N-methyl/N-ethyl adjacent to an activating group) is 1. The number of hydrogen-bond acceptors (Lipinski definition) is 4. The van der Waals surface area contributed by atoms with E-state index in [1.54, 1.807) is 0 Å². The molecule has 0 radical (unpaired) electrons. The zero-order valence-electron chi connectivity index (χ0n) is 14.9. The second kappa shape index (κ2) is 7.63. The van der Waals surface area contributed by atoms with Gasteiger partial charge in [0.05, 0.1) is 11.4 Å². The van der Waals surface area contributed by atoms with Crippen LogP contribution >= 0.6 is 0 Å². The van der Waals surface area contributed by atoms with Crippen LogP contribution in [0, 0.1) is 20.8 Å². The van der Waals surface area contributed by atoms with Crippen molar-refractivity contribution in [1.82, 2.24) is 14.5 Å². The van der Waals surface area contributed by atoms with Gasteiger partial charge in [-0.25, -0.2) is 8.42 Å². The molecule has 0 bridgehead atoms. The van der Waals surface area contributed by atoms with Crippen molar-refractivity contribution in [1.29, 1.82) is 0 Å². The minimum absolute atomic E-state index is 0.0148. The molecular formula is C17H27N3O3S. The standard InChI is InChI=1S/C17H27N3O3S/c1-5-18-16(21)12-19-6-8-20(9-7-19)24(22,23)17-14(3)10-13(2)11-15(17)4/h10-11H,5-9,12H2,1-4H3,(H,18,21). The maximum absolute atomic E-state index is 13.0. The second-order valence-corrected chi connectivity index (χ2v) is 8.24. The number of amides is 1. The van der Waals surface area contributed by atoms with Crippen LogP contribution < -0.4 is 5.32 Å². The molecule has 1 aliphatic heterocycles. The molecule has 134 valence electrons. The summed E-state index contributed by atoms with van der Waals surface area (Å²) in [5.41, 5.74) is 2.64. The lowest BCUT2D eigenvalue weighted by atomic mass is 10.1. The Kier molecular flexibility index (Phi) is 6.01. The summed E-state index contributed by atoms with van der Waals surface area (Å²) in [7, 11) is -3.50. The molecule has 6 nitrogen and oxygen atoms in total. The molecular weight excluding hydrogens is 326 g/mol. The first-order valence-corrected chi connectivity index (χ1v) is 9.76. The third-order valence-electron chi connectivity index (χ3n) is 4.27. The van der Waals surface area contributed by atoms with E-state index >= 15 is 0 Å². The van der Waals surface area contributed by atoms with Crippen molar-refractivity contribution in [2.45, 2.75) is 32.6 Å². The number of piperazine rings is 1. The zero-order chi connectivity index (χ0) is 17.9. The van der Waals surface area contributed by atoms with Crippen LogP contribution in [0.3, 0.4) is 0 Å². The van der Waals surface area contributed by atoms with Gasteiger partial charge in [0.2, 0.25) is 15.9 Å². The summed E-state index contributed by atoms with van der Waals surface area (Å²) in [6.07, 6.45) is 0. The van der Waals surface area contributed by atoms with Gasteiger partial charge in [-0.15, -0.1) is 0 Å². The Morgan fingerprint density at radius 2 is 1.62 bits per heavy atom. The Morgan fingerprint density at radius 3 is 2.12 bits per heavy atom. The Balaban J connectivity index is 2.10. The van der Waals surface area contributed by atoms with Gasteiger partial charge >= 0.3 is 0 Å². The van der Waals surface area contributed by atoms with Crippen LogP contribution in [0.2, 0.25) is 0 Å². The number of benzene rings is 1. The molecule has 2 rings (SSSR count). The average Bonchev–Trinajstić information content (AvgIpc) is 2.46. The SMILES string of the molecule is CCNC(=O)CN1CCN(S(=O)(=O)c2c(C)cc(C)cc2C)CC1. The molecule has 0 spiro atoms. The molecule has 1 aromatic carbocycles. The van der Waals surface area contributed by atoms with Crippen molar-refractivity contribution in [2.75, 3.05) is 39.3 Å². The highest BCUT2D eigenvalue weighted by atomic mass is 32.2. The molecule has 1 N–H and O–H groups in total. The van der Waals surface area contributed by atoms with E-state index in [9.17, 15) is 13.2 Å². The Labute approximate surface area is 144 Å². The Morgan fingerprint density at radius 1 is 1.08 bits per heavy atom. The van der Waals surface area contributed by atoms with Crippen LogP contribution in [-0.2, 0) is 14.8 Å². The van der Waals surface area contributed by atoms with Gasteiger partial charge in [-0.05, 0) is 38.8 Å². The number of aryl methyl sites for hydroxylation is 3. The summed E-state index contributed by atoms with van der Waals surface area (Å²) in [6.45, 7) is 10.4. The number of sulfonamides is 1. The van der Waals surface area contributed by atoms with Gasteiger partial charge in [0.15, 0.2) is 0 Å². The van der Waals surface area contributed by atoms with E-state index in [0.717, 1.165) is 16.7 Å². The van der Waals surface area contributed by atoms with Gasteiger partial charge < -0.3 is 5.32 Å². The van der Waals surface area contributed by atoms with E-state index in [1.165, 1.54) is 4.31 Å². The number of nitrogens with one attached hydrogen (secondary N) is 1. The molecule has 1 saturated heterocycles. The number of carbonyl (C=O) groups is 1. The monoisotopic (exact) mass is 353 g/mol. The highest BCUT2D eigenvalue weighted by Crippen LogP contribution is 2.25. The van der Waals surface area contributed by atoms with E-state index in [0.29, 0.717) is 44.2 Å². The van der Waals surface area contributed by atoms with Crippen molar-refractivity contribution in [3.63, 3.8) is 0 Å². The predicted molar refractivity (Wildman–Crippen MR) is 94.5 cm³/mol. The minimum Gasteiger partial charge on any atom is -0.355 e. The van der Waals surface area contributed by atoms with Gasteiger partial charge in [0, 0.05) is 32.7 Å². The maximum atomic E-state index is 13.0. The maximum Gasteiger partial charge on any atom is 0.243 e. The van der Waals surface area contributed by atoms with E-state index in [1.807, 2.05) is 44.7 Å². The molecule has 0 saturated carbocycles. The lowest BCUT2D eigenvalue weighted by Gasteiger charge is -2.34. The van der Waals surface area contributed by atoms with Gasteiger partial charge in [0.25, 0.3) is 0 Å². The third kappa shape index (κ3) is 4.15. The van der Waals surface area contributed by atoms with Crippen LogP contribution in [-0.4, -0.2) is 62.8 Å². The minimum atomic E-state index is -3.50. The molecule has 1 aliphatic rings. The predicted octanol–water partition coefficient (Wildman–Crippen LogP) is 1.05. The quantitative estimate of drug-likeness (QED) is 0.859. The van der Waals surface area contributed by atoms with E-state index in [-0.39, 0.29) is 5.91 Å². The summed E-state index contributed by atoms with van der Waals surface area (Å²) in [6, 6.07) is 3.82. The highest BCUT2D eigenvalue weighted by Gasteiger charge is 2.31.